The molecule has 0 saturated carbocycles. The highest BCUT2D eigenvalue weighted by Gasteiger charge is 2.57. The highest BCUT2D eigenvalue weighted by molar-refractivity contribution is 5.73. The standard InChI is InChI=1S/C32H55NO25/c1-7-14(39)18(43)21(46)30(50-7)58-27-17(42)11(5-36)54-32(23(27)48)56-25-13(33-8(2)38)29(52-9(3-34)15(25)40)57-26-16(41)10(4-35)53-31(22(26)47)55-24-12(6-37)51-28(49)20(45)19(24)44/h7,9-32,34-37,39-49H,3-6H2,1-2H3,(H,33,38)/t7-,9+,10+,11+,12+,13+,14+,15+,16-,17-,18+,19+,20+,21-,22+,23+,24+,25+,26-,27-,28?,29-,30-,31-,32-/m0/s1. The van der Waals surface area contributed by atoms with Crippen molar-refractivity contribution in [3.05, 3.63) is 0 Å². The van der Waals surface area contributed by atoms with Crippen molar-refractivity contribution in [2.24, 2.45) is 0 Å². The second-order valence-corrected chi connectivity index (χ2v) is 14.7. The van der Waals surface area contributed by atoms with Crippen LogP contribution in [-0.4, -0.2) is 262 Å². The van der Waals surface area contributed by atoms with E-state index >= 15 is 0 Å². The van der Waals surface area contributed by atoms with Crippen molar-refractivity contribution in [2.75, 3.05) is 26.4 Å². The molecule has 16 N–H and O–H groups in total. The molecule has 0 aromatic carbocycles. The number of rotatable bonds is 13. The van der Waals surface area contributed by atoms with Crippen molar-refractivity contribution < 1.29 is 124 Å². The molecule has 58 heavy (non-hydrogen) atoms. The van der Waals surface area contributed by atoms with Crippen LogP contribution in [0.3, 0.4) is 0 Å². The first kappa shape index (κ1) is 47.6. The van der Waals surface area contributed by atoms with Crippen LogP contribution in [0.2, 0.25) is 0 Å². The average Bonchev–Trinajstić information content (AvgIpc) is 3.19. The summed E-state index contributed by atoms with van der Waals surface area (Å²) in [5.74, 6) is -0.816. The van der Waals surface area contributed by atoms with E-state index in [2.05, 4.69) is 5.32 Å². The van der Waals surface area contributed by atoms with Crippen LogP contribution in [0.4, 0.5) is 0 Å². The Hall–Kier alpha value is -1.49. The van der Waals surface area contributed by atoms with E-state index in [1.165, 1.54) is 6.92 Å². The summed E-state index contributed by atoms with van der Waals surface area (Å²) >= 11 is 0. The Bertz CT molecular complexity index is 1310. The summed E-state index contributed by atoms with van der Waals surface area (Å²) < 4.78 is 50.4. The number of hydrogen-bond acceptors (Lipinski definition) is 25. The predicted molar refractivity (Wildman–Crippen MR) is 177 cm³/mol. The summed E-state index contributed by atoms with van der Waals surface area (Å²) in [5.41, 5.74) is 0. The molecule has 5 heterocycles. The van der Waals surface area contributed by atoms with Crippen LogP contribution < -0.4 is 5.32 Å². The van der Waals surface area contributed by atoms with Gasteiger partial charge in [0.05, 0.1) is 32.5 Å². The van der Waals surface area contributed by atoms with Crippen LogP contribution >= 0.6 is 0 Å². The van der Waals surface area contributed by atoms with E-state index in [0.29, 0.717) is 0 Å². The normalized spacial score (nSPS) is 51.6. The molecule has 26 heteroatoms. The van der Waals surface area contributed by atoms with Crippen molar-refractivity contribution in [1.29, 1.82) is 0 Å². The molecule has 1 amide bonds. The molecule has 0 aromatic heterocycles. The van der Waals surface area contributed by atoms with Gasteiger partial charge in [-0.2, -0.15) is 0 Å². The number of ether oxygens (including phenoxy) is 9. The monoisotopic (exact) mass is 853 g/mol. The van der Waals surface area contributed by atoms with Crippen molar-refractivity contribution >= 4 is 5.91 Å². The number of amides is 1. The van der Waals surface area contributed by atoms with Gasteiger partial charge in [-0.1, -0.05) is 0 Å². The predicted octanol–water partition coefficient (Wildman–Crippen LogP) is -10.8. The van der Waals surface area contributed by atoms with E-state index < -0.39 is 186 Å². The molecule has 0 aromatic rings. The lowest BCUT2D eigenvalue weighted by Gasteiger charge is -2.50. The van der Waals surface area contributed by atoms with E-state index in [1.807, 2.05) is 0 Å². The molecular weight excluding hydrogens is 798 g/mol. The summed E-state index contributed by atoms with van der Waals surface area (Å²) in [4.78, 5) is 12.6. The highest BCUT2D eigenvalue weighted by Crippen LogP contribution is 2.35. The van der Waals surface area contributed by atoms with Crippen LogP contribution in [0.25, 0.3) is 0 Å². The molecular formula is C32H55NO25. The molecule has 25 atom stereocenters. The topological polar surface area (TPSA) is 416 Å². The maximum Gasteiger partial charge on any atom is 0.217 e. The molecule has 5 aliphatic rings. The minimum absolute atomic E-state index is 0.816. The molecule has 5 saturated heterocycles. The lowest BCUT2D eigenvalue weighted by atomic mass is 9.94. The molecule has 338 valence electrons. The lowest BCUT2D eigenvalue weighted by molar-refractivity contribution is -0.385. The molecule has 0 radical (unpaired) electrons. The van der Waals surface area contributed by atoms with E-state index in [9.17, 15) is 81.4 Å². The van der Waals surface area contributed by atoms with E-state index in [1.54, 1.807) is 0 Å². The third-order valence-corrected chi connectivity index (χ3v) is 10.7. The van der Waals surface area contributed by atoms with Crippen molar-refractivity contribution in [3.63, 3.8) is 0 Å². The fourth-order valence-electron chi connectivity index (χ4n) is 7.37. The van der Waals surface area contributed by atoms with Gasteiger partial charge in [0.15, 0.2) is 31.5 Å². The minimum atomic E-state index is -2.10. The van der Waals surface area contributed by atoms with Gasteiger partial charge in [-0.15, -0.1) is 0 Å². The number of carbonyl (C=O) groups is 1. The lowest BCUT2D eigenvalue weighted by Crippen LogP contribution is -2.70. The van der Waals surface area contributed by atoms with Crippen LogP contribution in [-0.2, 0) is 47.4 Å². The van der Waals surface area contributed by atoms with Gasteiger partial charge in [-0.25, -0.2) is 0 Å². The third kappa shape index (κ3) is 9.75. The maximum atomic E-state index is 12.6. The maximum absolute atomic E-state index is 12.6. The Morgan fingerprint density at radius 2 is 0.862 bits per heavy atom. The summed E-state index contributed by atoms with van der Waals surface area (Å²) in [7, 11) is 0. The summed E-state index contributed by atoms with van der Waals surface area (Å²) in [6, 6.07) is -1.70. The van der Waals surface area contributed by atoms with E-state index in [-0.39, 0.29) is 0 Å². The zero-order valence-corrected chi connectivity index (χ0v) is 31.1. The fourth-order valence-corrected chi connectivity index (χ4v) is 7.37. The molecule has 5 fully saturated rings. The first-order valence-corrected chi connectivity index (χ1v) is 18.5. The molecule has 5 aliphatic heterocycles. The van der Waals surface area contributed by atoms with Gasteiger partial charge in [-0.3, -0.25) is 4.79 Å². The summed E-state index contributed by atoms with van der Waals surface area (Å²) in [6.45, 7) is -1.32. The van der Waals surface area contributed by atoms with E-state index in [4.69, 9.17) is 42.6 Å². The average molecular weight is 854 g/mol. The summed E-state index contributed by atoms with van der Waals surface area (Å²) in [5, 5.41) is 160. The smallest absolute Gasteiger partial charge is 0.217 e. The number of aliphatic hydroxyl groups excluding tert-OH is 15. The van der Waals surface area contributed by atoms with Crippen LogP contribution in [0.1, 0.15) is 13.8 Å². The fraction of sp³-hybridized carbons (Fsp3) is 0.969. The first-order chi connectivity index (χ1) is 27.4. The molecule has 0 spiro atoms. The number of carbonyl (C=O) groups excluding carboxylic acids is 1. The quantitative estimate of drug-likeness (QED) is 0.0818. The Labute approximate surface area is 329 Å². The Morgan fingerprint density at radius 1 is 0.448 bits per heavy atom. The Balaban J connectivity index is 1.40. The van der Waals surface area contributed by atoms with Gasteiger partial charge < -0.3 is 125 Å². The second kappa shape index (κ2) is 20.1. The number of nitrogens with one attached hydrogen (secondary N) is 1. The number of hydrogen-bond donors (Lipinski definition) is 16. The van der Waals surface area contributed by atoms with Crippen LogP contribution in [0.15, 0.2) is 0 Å². The Kier molecular flexibility index (Phi) is 16.5. The van der Waals surface area contributed by atoms with Crippen molar-refractivity contribution in [3.8, 4) is 0 Å². The highest BCUT2D eigenvalue weighted by atomic mass is 16.8. The molecule has 5 rings (SSSR count). The largest absolute Gasteiger partial charge is 0.394 e. The van der Waals surface area contributed by atoms with Gasteiger partial charge in [-0.05, 0) is 6.92 Å². The minimum Gasteiger partial charge on any atom is -0.394 e. The third-order valence-electron chi connectivity index (χ3n) is 10.7. The van der Waals surface area contributed by atoms with E-state index in [0.717, 1.165) is 6.92 Å². The first-order valence-electron chi connectivity index (χ1n) is 18.5. The Morgan fingerprint density at radius 3 is 1.34 bits per heavy atom. The number of aliphatic hydroxyl groups is 15. The SMILES string of the molecule is CC(=O)N[C@H]1[C@H](O[C@H]2[C@@H](O)[C@@H](CO)O[C@@H](O[C@H]3[C@H](O)[C@@H](O)C(O)O[C@@H]3CO)[C@@H]2O)O[C@H](CO)[C@@H](O)[C@@H]1O[C@@H]1O[C@H](CO)[C@H](O)[C@H](O[C@@H]2O[C@@H](C)[C@@H](O)[C@@H](O)[C@@H]2O)[C@H]1O. The van der Waals surface area contributed by atoms with Crippen LogP contribution in [0, 0.1) is 0 Å². The second-order valence-electron chi connectivity index (χ2n) is 14.7. The molecule has 0 bridgehead atoms. The van der Waals surface area contributed by atoms with Gasteiger partial charge in [0, 0.05) is 6.92 Å². The van der Waals surface area contributed by atoms with Gasteiger partial charge >= 0.3 is 0 Å². The van der Waals surface area contributed by atoms with Gasteiger partial charge in [0.25, 0.3) is 0 Å². The van der Waals surface area contributed by atoms with Gasteiger partial charge in [0.1, 0.15) is 116 Å². The zero-order chi connectivity index (χ0) is 42.9. The molecule has 0 aliphatic carbocycles. The molecule has 26 nitrogen and oxygen atoms in total. The van der Waals surface area contributed by atoms with Crippen molar-refractivity contribution in [2.45, 2.75) is 167 Å². The zero-order valence-electron chi connectivity index (χ0n) is 31.1. The van der Waals surface area contributed by atoms with Crippen LogP contribution in [0.5, 0.6) is 0 Å². The summed E-state index contributed by atoms with van der Waals surface area (Å²) in [6.07, 6.45) is -43.2. The van der Waals surface area contributed by atoms with Crippen molar-refractivity contribution in [1.82, 2.24) is 5.32 Å². The van der Waals surface area contributed by atoms with Gasteiger partial charge in [0.2, 0.25) is 5.91 Å². The molecule has 1 unspecified atom stereocenters.